The predicted molar refractivity (Wildman–Crippen MR) is 90.6 cm³/mol. The van der Waals surface area contributed by atoms with Crippen LogP contribution in [-0.4, -0.2) is 6.54 Å². The Labute approximate surface area is 131 Å². The summed E-state index contributed by atoms with van der Waals surface area (Å²) in [5, 5.41) is 3.67. The van der Waals surface area contributed by atoms with Gasteiger partial charge in [0, 0.05) is 23.2 Å². The molecule has 1 fully saturated rings. The first-order valence-electron chi connectivity index (χ1n) is 7.75. The van der Waals surface area contributed by atoms with Gasteiger partial charge in [-0.3, -0.25) is 0 Å². The number of nitrogens with two attached hydrogens (primary N) is 1. The largest absolute Gasteiger partial charge is 0.399 e. The number of halogens is 1. The molecule has 0 amide bonds. The third-order valence-electron chi connectivity index (χ3n) is 4.31. The highest BCUT2D eigenvalue weighted by Crippen LogP contribution is 2.42. The summed E-state index contributed by atoms with van der Waals surface area (Å²) in [4.78, 5) is 0. The Morgan fingerprint density at radius 2 is 1.95 bits per heavy atom. The zero-order chi connectivity index (χ0) is 14.6. The van der Waals surface area contributed by atoms with Crippen LogP contribution in [0.1, 0.15) is 51.5 Å². The first-order chi connectivity index (χ1) is 9.49. The maximum absolute atomic E-state index is 5.89. The average molecular weight is 339 g/mol. The van der Waals surface area contributed by atoms with Crippen molar-refractivity contribution in [2.75, 3.05) is 12.3 Å². The van der Waals surface area contributed by atoms with Crippen molar-refractivity contribution < 1.29 is 0 Å². The summed E-state index contributed by atoms with van der Waals surface area (Å²) in [6, 6.07) is 6.15. The molecule has 0 saturated heterocycles. The Bertz CT molecular complexity index is 416. The number of nitrogens with one attached hydrogen (secondary N) is 1. The van der Waals surface area contributed by atoms with Crippen LogP contribution < -0.4 is 11.1 Å². The third-order valence-corrected chi connectivity index (χ3v) is 4.77. The molecule has 0 aromatic heterocycles. The number of anilines is 1. The maximum Gasteiger partial charge on any atom is 0.0328 e. The Hall–Kier alpha value is -0.540. The van der Waals surface area contributed by atoms with Gasteiger partial charge in [-0.1, -0.05) is 42.6 Å². The topological polar surface area (TPSA) is 38.0 Å². The molecule has 1 aliphatic carbocycles. The van der Waals surface area contributed by atoms with Crippen LogP contribution >= 0.6 is 15.9 Å². The van der Waals surface area contributed by atoms with Gasteiger partial charge >= 0.3 is 0 Å². The van der Waals surface area contributed by atoms with Gasteiger partial charge in [-0.05, 0) is 54.4 Å². The fraction of sp³-hybridized carbons (Fsp3) is 0.647. The SMILES string of the molecule is CC(C)CC1(CNCc2cc(N)cc(Br)c2)CCCC1. The molecule has 3 heteroatoms. The molecular weight excluding hydrogens is 312 g/mol. The summed E-state index contributed by atoms with van der Waals surface area (Å²) in [7, 11) is 0. The summed E-state index contributed by atoms with van der Waals surface area (Å²) < 4.78 is 1.06. The van der Waals surface area contributed by atoms with Gasteiger partial charge in [0.25, 0.3) is 0 Å². The Balaban J connectivity index is 1.90. The van der Waals surface area contributed by atoms with Gasteiger partial charge in [0.1, 0.15) is 0 Å². The summed E-state index contributed by atoms with van der Waals surface area (Å²) in [5.41, 5.74) is 8.51. The highest BCUT2D eigenvalue weighted by Gasteiger charge is 2.33. The molecule has 0 bridgehead atoms. The number of hydrogen-bond donors (Lipinski definition) is 2. The molecule has 1 aliphatic rings. The quantitative estimate of drug-likeness (QED) is 0.736. The molecule has 0 aliphatic heterocycles. The van der Waals surface area contributed by atoms with E-state index in [-0.39, 0.29) is 0 Å². The summed E-state index contributed by atoms with van der Waals surface area (Å²) in [6.45, 7) is 6.73. The zero-order valence-corrected chi connectivity index (χ0v) is 14.3. The van der Waals surface area contributed by atoms with E-state index in [0.29, 0.717) is 5.41 Å². The maximum atomic E-state index is 5.89. The molecule has 0 heterocycles. The lowest BCUT2D eigenvalue weighted by molar-refractivity contribution is 0.223. The summed E-state index contributed by atoms with van der Waals surface area (Å²) in [6.07, 6.45) is 6.93. The number of nitrogen functional groups attached to an aromatic ring is 1. The van der Waals surface area contributed by atoms with Crippen molar-refractivity contribution in [1.29, 1.82) is 0 Å². The third kappa shape index (κ3) is 4.49. The van der Waals surface area contributed by atoms with Crippen LogP contribution in [0.5, 0.6) is 0 Å². The van der Waals surface area contributed by atoms with Gasteiger partial charge in [-0.15, -0.1) is 0 Å². The zero-order valence-electron chi connectivity index (χ0n) is 12.7. The molecule has 0 unspecified atom stereocenters. The molecule has 0 atom stereocenters. The lowest BCUT2D eigenvalue weighted by Crippen LogP contribution is -2.33. The molecule has 0 radical (unpaired) electrons. The second-order valence-corrected chi connectivity index (χ2v) is 7.72. The summed E-state index contributed by atoms with van der Waals surface area (Å²) in [5.74, 6) is 0.788. The predicted octanol–water partition coefficient (Wildman–Crippen LogP) is 4.73. The molecule has 1 aromatic carbocycles. The molecule has 1 aromatic rings. The van der Waals surface area contributed by atoms with E-state index >= 15 is 0 Å². The van der Waals surface area contributed by atoms with E-state index in [1.165, 1.54) is 37.7 Å². The van der Waals surface area contributed by atoms with Crippen molar-refractivity contribution in [3.8, 4) is 0 Å². The molecule has 2 nitrogen and oxygen atoms in total. The van der Waals surface area contributed by atoms with Crippen molar-refractivity contribution in [3.05, 3.63) is 28.2 Å². The Morgan fingerprint density at radius 1 is 1.25 bits per heavy atom. The average Bonchev–Trinajstić information content (AvgIpc) is 2.75. The van der Waals surface area contributed by atoms with E-state index in [1.54, 1.807) is 0 Å². The molecule has 3 N–H and O–H groups in total. The van der Waals surface area contributed by atoms with Gasteiger partial charge in [-0.2, -0.15) is 0 Å². The lowest BCUT2D eigenvalue weighted by atomic mass is 9.78. The van der Waals surface area contributed by atoms with E-state index in [9.17, 15) is 0 Å². The highest BCUT2D eigenvalue weighted by atomic mass is 79.9. The van der Waals surface area contributed by atoms with Crippen LogP contribution in [0.15, 0.2) is 22.7 Å². The van der Waals surface area contributed by atoms with Crippen molar-refractivity contribution in [3.63, 3.8) is 0 Å². The van der Waals surface area contributed by atoms with Crippen LogP contribution in [-0.2, 0) is 6.54 Å². The Kier molecular flexibility index (Phi) is 5.50. The van der Waals surface area contributed by atoms with Gasteiger partial charge in [0.05, 0.1) is 0 Å². The fourth-order valence-corrected chi connectivity index (χ4v) is 4.25. The minimum absolute atomic E-state index is 0.533. The number of hydrogen-bond acceptors (Lipinski definition) is 2. The number of benzene rings is 1. The normalized spacial score (nSPS) is 17.8. The van der Waals surface area contributed by atoms with Crippen LogP contribution in [0.2, 0.25) is 0 Å². The minimum Gasteiger partial charge on any atom is -0.399 e. The van der Waals surface area contributed by atoms with Crippen molar-refractivity contribution >= 4 is 21.6 Å². The van der Waals surface area contributed by atoms with Crippen molar-refractivity contribution in [2.45, 2.75) is 52.5 Å². The van der Waals surface area contributed by atoms with E-state index < -0.39 is 0 Å². The minimum atomic E-state index is 0.533. The van der Waals surface area contributed by atoms with Crippen LogP contribution in [0.3, 0.4) is 0 Å². The molecule has 112 valence electrons. The molecule has 1 saturated carbocycles. The molecule has 20 heavy (non-hydrogen) atoms. The molecular formula is C17H27BrN2. The smallest absolute Gasteiger partial charge is 0.0328 e. The molecule has 0 spiro atoms. The van der Waals surface area contributed by atoms with E-state index in [2.05, 4.69) is 47.2 Å². The van der Waals surface area contributed by atoms with Crippen LogP contribution in [0, 0.1) is 11.3 Å². The van der Waals surface area contributed by atoms with Crippen molar-refractivity contribution in [2.24, 2.45) is 11.3 Å². The lowest BCUT2D eigenvalue weighted by Gasteiger charge is -2.31. The molecule has 2 rings (SSSR count). The van der Waals surface area contributed by atoms with Gasteiger partial charge < -0.3 is 11.1 Å². The second-order valence-electron chi connectivity index (χ2n) is 6.80. The van der Waals surface area contributed by atoms with Gasteiger partial charge in [0.15, 0.2) is 0 Å². The Morgan fingerprint density at radius 3 is 2.55 bits per heavy atom. The first-order valence-corrected chi connectivity index (χ1v) is 8.54. The highest BCUT2D eigenvalue weighted by molar-refractivity contribution is 9.10. The van der Waals surface area contributed by atoms with E-state index in [1.807, 2.05) is 6.07 Å². The van der Waals surface area contributed by atoms with Crippen molar-refractivity contribution in [1.82, 2.24) is 5.32 Å². The second kappa shape index (κ2) is 6.95. The first kappa shape index (κ1) is 15.8. The summed E-state index contributed by atoms with van der Waals surface area (Å²) >= 11 is 3.51. The van der Waals surface area contributed by atoms with E-state index in [4.69, 9.17) is 5.73 Å². The van der Waals surface area contributed by atoms with Crippen LogP contribution in [0.4, 0.5) is 5.69 Å². The standard InChI is InChI=1S/C17H27BrN2/c1-13(2)10-17(5-3-4-6-17)12-20-11-14-7-15(18)9-16(19)8-14/h7-9,13,20H,3-6,10-12,19H2,1-2H3. The fourth-order valence-electron chi connectivity index (χ4n) is 3.69. The number of rotatable bonds is 6. The van der Waals surface area contributed by atoms with Gasteiger partial charge in [-0.25, -0.2) is 0 Å². The van der Waals surface area contributed by atoms with Gasteiger partial charge in [0.2, 0.25) is 0 Å². The van der Waals surface area contributed by atoms with E-state index in [0.717, 1.165) is 29.2 Å². The monoisotopic (exact) mass is 338 g/mol. The van der Waals surface area contributed by atoms with Crippen LogP contribution in [0.25, 0.3) is 0 Å².